The van der Waals surface area contributed by atoms with Crippen molar-refractivity contribution in [1.82, 2.24) is 0 Å². The van der Waals surface area contributed by atoms with Gasteiger partial charge in [-0.1, -0.05) is 30.2 Å². The average molecular weight is 388 g/mol. The van der Waals surface area contributed by atoms with Crippen LogP contribution in [0.25, 0.3) is 0 Å². The summed E-state index contributed by atoms with van der Waals surface area (Å²) in [4.78, 5) is 24.2. The first-order chi connectivity index (χ1) is 13.1. The second-order valence-corrected chi connectivity index (χ2v) is 6.92. The molecule has 0 atom stereocenters. The van der Waals surface area contributed by atoms with Gasteiger partial charge in [-0.2, -0.15) is 0 Å². The molecule has 5 nitrogen and oxygen atoms in total. The molecule has 6 heteroatoms. The third-order valence-electron chi connectivity index (χ3n) is 4.43. The Morgan fingerprint density at radius 1 is 1.00 bits per heavy atom. The maximum Gasteiger partial charge on any atom is 0.338 e. The van der Waals surface area contributed by atoms with E-state index in [0.717, 1.165) is 25.7 Å². The summed E-state index contributed by atoms with van der Waals surface area (Å²) < 4.78 is 10.9. The average Bonchev–Trinajstić information content (AvgIpc) is 2.69. The molecule has 0 radical (unpaired) electrons. The molecule has 1 aliphatic rings. The van der Waals surface area contributed by atoms with Gasteiger partial charge in [0.2, 0.25) is 0 Å². The number of hydrogen-bond acceptors (Lipinski definition) is 4. The number of carbonyl (C=O) groups is 2. The third-order valence-corrected chi connectivity index (χ3v) is 4.74. The zero-order valence-electron chi connectivity index (χ0n) is 14.9. The van der Waals surface area contributed by atoms with Crippen LogP contribution in [-0.2, 0) is 9.53 Å². The summed E-state index contributed by atoms with van der Waals surface area (Å²) >= 11 is 5.98. The Balaban J connectivity index is 1.48. The fraction of sp³-hybridized carbons (Fsp3) is 0.333. The number of ether oxygens (including phenoxy) is 2. The maximum absolute atomic E-state index is 12.2. The van der Waals surface area contributed by atoms with E-state index in [0.29, 0.717) is 22.0 Å². The number of amides is 1. The molecule has 142 valence electrons. The Morgan fingerprint density at radius 3 is 2.41 bits per heavy atom. The molecule has 1 fully saturated rings. The lowest BCUT2D eigenvalue weighted by molar-refractivity contribution is -0.118. The molecule has 0 aliphatic heterocycles. The highest BCUT2D eigenvalue weighted by molar-refractivity contribution is 6.32. The van der Waals surface area contributed by atoms with Gasteiger partial charge in [-0.25, -0.2) is 4.79 Å². The van der Waals surface area contributed by atoms with Crippen molar-refractivity contribution >= 4 is 29.2 Å². The van der Waals surface area contributed by atoms with Crippen LogP contribution in [0.4, 0.5) is 5.69 Å². The first kappa shape index (κ1) is 19.2. The third kappa shape index (κ3) is 5.73. The summed E-state index contributed by atoms with van der Waals surface area (Å²) in [6.07, 6.45) is 5.32. The highest BCUT2D eigenvalue weighted by Crippen LogP contribution is 2.23. The van der Waals surface area contributed by atoms with Gasteiger partial charge >= 0.3 is 5.97 Å². The minimum absolute atomic E-state index is 0.0209. The van der Waals surface area contributed by atoms with E-state index < -0.39 is 0 Å². The fourth-order valence-electron chi connectivity index (χ4n) is 2.99. The lowest BCUT2D eigenvalue weighted by Gasteiger charge is -2.21. The lowest BCUT2D eigenvalue weighted by atomic mass is 9.98. The van der Waals surface area contributed by atoms with E-state index in [2.05, 4.69) is 5.32 Å². The fourth-order valence-corrected chi connectivity index (χ4v) is 3.18. The summed E-state index contributed by atoms with van der Waals surface area (Å²) in [5.74, 6) is -0.176. The molecule has 1 aliphatic carbocycles. The van der Waals surface area contributed by atoms with E-state index in [-0.39, 0.29) is 24.6 Å². The zero-order valence-corrected chi connectivity index (χ0v) is 15.7. The molecule has 0 heterocycles. The number of hydrogen-bond donors (Lipinski definition) is 1. The molecule has 1 N–H and O–H groups in total. The van der Waals surface area contributed by atoms with Gasteiger partial charge < -0.3 is 14.8 Å². The van der Waals surface area contributed by atoms with Crippen molar-refractivity contribution in [3.8, 4) is 5.75 Å². The van der Waals surface area contributed by atoms with Gasteiger partial charge in [-0.05, 0) is 62.1 Å². The van der Waals surface area contributed by atoms with Crippen LogP contribution in [0.1, 0.15) is 42.5 Å². The molecule has 1 amide bonds. The number of halogens is 1. The summed E-state index contributed by atoms with van der Waals surface area (Å²) in [5, 5.41) is 3.17. The predicted octanol–water partition coefficient (Wildman–Crippen LogP) is 4.85. The van der Waals surface area contributed by atoms with E-state index in [1.165, 1.54) is 6.42 Å². The van der Waals surface area contributed by atoms with Gasteiger partial charge in [0, 0.05) is 5.69 Å². The van der Waals surface area contributed by atoms with Gasteiger partial charge in [-0.15, -0.1) is 0 Å². The smallest absolute Gasteiger partial charge is 0.338 e. The van der Waals surface area contributed by atoms with E-state index in [9.17, 15) is 9.59 Å². The molecule has 3 rings (SSSR count). The molecular formula is C21H22ClNO4. The zero-order chi connectivity index (χ0) is 19.1. The molecule has 0 spiro atoms. The molecule has 0 unspecified atom stereocenters. The van der Waals surface area contributed by atoms with Crippen LogP contribution in [0.15, 0.2) is 48.5 Å². The number of carbonyl (C=O) groups excluding carboxylic acids is 2. The van der Waals surface area contributed by atoms with Crippen molar-refractivity contribution in [3.05, 3.63) is 59.1 Å². The SMILES string of the molecule is O=C(COc1ccccc1Cl)Nc1ccc(C(=O)OC2CCCCC2)cc1. The van der Waals surface area contributed by atoms with E-state index in [1.54, 1.807) is 48.5 Å². The van der Waals surface area contributed by atoms with Crippen molar-refractivity contribution in [1.29, 1.82) is 0 Å². The van der Waals surface area contributed by atoms with Crippen LogP contribution < -0.4 is 10.1 Å². The summed E-state index contributed by atoms with van der Waals surface area (Å²) in [6.45, 7) is -0.158. The minimum atomic E-state index is -0.318. The first-order valence-electron chi connectivity index (χ1n) is 9.10. The molecule has 27 heavy (non-hydrogen) atoms. The van der Waals surface area contributed by atoms with Gasteiger partial charge in [0.15, 0.2) is 6.61 Å². The Labute approximate surface area is 163 Å². The van der Waals surface area contributed by atoms with Crippen molar-refractivity contribution in [2.24, 2.45) is 0 Å². The van der Waals surface area contributed by atoms with Crippen LogP contribution in [0.2, 0.25) is 5.02 Å². The summed E-state index contributed by atoms with van der Waals surface area (Å²) in [7, 11) is 0. The maximum atomic E-state index is 12.2. The van der Waals surface area contributed by atoms with Crippen molar-refractivity contribution in [2.45, 2.75) is 38.2 Å². The summed E-state index contributed by atoms with van der Waals surface area (Å²) in [6, 6.07) is 13.6. The molecule has 0 saturated heterocycles. The number of anilines is 1. The first-order valence-corrected chi connectivity index (χ1v) is 9.48. The van der Waals surface area contributed by atoms with E-state index in [1.807, 2.05) is 0 Å². The normalized spacial score (nSPS) is 14.4. The topological polar surface area (TPSA) is 64.6 Å². The second kappa shape index (κ2) is 9.42. The molecule has 1 saturated carbocycles. The number of esters is 1. The van der Waals surface area contributed by atoms with Gasteiger partial charge in [0.25, 0.3) is 5.91 Å². The Kier molecular flexibility index (Phi) is 6.71. The van der Waals surface area contributed by atoms with Crippen molar-refractivity contribution in [2.75, 3.05) is 11.9 Å². The highest BCUT2D eigenvalue weighted by Gasteiger charge is 2.18. The van der Waals surface area contributed by atoms with Crippen LogP contribution in [-0.4, -0.2) is 24.6 Å². The molecule has 0 bridgehead atoms. The quantitative estimate of drug-likeness (QED) is 0.720. The predicted molar refractivity (Wildman–Crippen MR) is 104 cm³/mol. The van der Waals surface area contributed by atoms with Crippen LogP contribution in [0.3, 0.4) is 0 Å². The lowest BCUT2D eigenvalue weighted by Crippen LogP contribution is -2.21. The van der Waals surface area contributed by atoms with Crippen LogP contribution >= 0.6 is 11.6 Å². The van der Waals surface area contributed by atoms with Crippen LogP contribution in [0.5, 0.6) is 5.75 Å². The number of benzene rings is 2. The Morgan fingerprint density at radius 2 is 1.70 bits per heavy atom. The monoisotopic (exact) mass is 387 g/mol. The molecule has 0 aromatic heterocycles. The van der Waals surface area contributed by atoms with Crippen molar-refractivity contribution < 1.29 is 19.1 Å². The standard InChI is InChI=1S/C21H22ClNO4/c22-18-8-4-5-9-19(18)26-14-20(24)23-16-12-10-15(11-13-16)21(25)27-17-6-2-1-3-7-17/h4-5,8-13,17H,1-3,6-7,14H2,(H,23,24). The van der Waals surface area contributed by atoms with Gasteiger partial charge in [-0.3, -0.25) is 4.79 Å². The molecule has 2 aromatic carbocycles. The van der Waals surface area contributed by atoms with E-state index in [4.69, 9.17) is 21.1 Å². The number of nitrogens with one attached hydrogen (secondary N) is 1. The summed E-state index contributed by atoms with van der Waals surface area (Å²) in [5.41, 5.74) is 1.06. The largest absolute Gasteiger partial charge is 0.482 e. The Bertz CT molecular complexity index is 785. The van der Waals surface area contributed by atoms with Gasteiger partial charge in [0.05, 0.1) is 10.6 Å². The minimum Gasteiger partial charge on any atom is -0.482 e. The van der Waals surface area contributed by atoms with Crippen molar-refractivity contribution in [3.63, 3.8) is 0 Å². The molecular weight excluding hydrogens is 366 g/mol. The number of rotatable bonds is 6. The van der Waals surface area contributed by atoms with Gasteiger partial charge in [0.1, 0.15) is 11.9 Å². The molecule has 2 aromatic rings. The Hall–Kier alpha value is -2.53. The van der Waals surface area contributed by atoms with E-state index >= 15 is 0 Å². The highest BCUT2D eigenvalue weighted by atomic mass is 35.5. The van der Waals surface area contributed by atoms with Crippen LogP contribution in [0, 0.1) is 0 Å². The number of para-hydroxylation sites is 1. The second-order valence-electron chi connectivity index (χ2n) is 6.51.